The highest BCUT2D eigenvalue weighted by atomic mass is 16.5. The number of hydrogen-bond acceptors (Lipinski definition) is 3. The molecule has 24 heavy (non-hydrogen) atoms. The molecule has 0 radical (unpaired) electrons. The maximum absolute atomic E-state index is 8.92. The molecule has 3 heteroatoms. The Balaban J connectivity index is 1.88. The zero-order valence-electron chi connectivity index (χ0n) is 14.4. The summed E-state index contributed by atoms with van der Waals surface area (Å²) in [5.74, 6) is 0. The van der Waals surface area contributed by atoms with Crippen LogP contribution in [-0.4, -0.2) is 23.3 Å². The van der Waals surface area contributed by atoms with Crippen molar-refractivity contribution in [1.29, 1.82) is 5.26 Å². The summed E-state index contributed by atoms with van der Waals surface area (Å²) in [4.78, 5) is 2.39. The Labute approximate surface area is 144 Å². The monoisotopic (exact) mass is 320 g/mol. The molecule has 2 aromatic carbocycles. The number of benzene rings is 2. The molecular formula is C21H24N2O. The highest BCUT2D eigenvalue weighted by Crippen LogP contribution is 2.33. The molecule has 1 aliphatic heterocycles. The van der Waals surface area contributed by atoms with Gasteiger partial charge in [0.1, 0.15) is 5.72 Å². The second-order valence-electron chi connectivity index (χ2n) is 6.76. The molecule has 0 spiro atoms. The van der Waals surface area contributed by atoms with Gasteiger partial charge in [0.25, 0.3) is 0 Å². The van der Waals surface area contributed by atoms with E-state index in [1.165, 1.54) is 16.7 Å². The second-order valence-corrected chi connectivity index (χ2v) is 6.76. The van der Waals surface area contributed by atoms with Crippen LogP contribution in [-0.2, 0) is 11.3 Å². The van der Waals surface area contributed by atoms with Crippen LogP contribution in [0.2, 0.25) is 0 Å². The zero-order chi connectivity index (χ0) is 17.0. The molecule has 0 N–H and O–H groups in total. The number of nitriles is 1. The van der Waals surface area contributed by atoms with Gasteiger partial charge in [0.05, 0.1) is 12.7 Å². The lowest BCUT2D eigenvalue weighted by Crippen LogP contribution is -2.43. The quantitative estimate of drug-likeness (QED) is 0.808. The first-order valence-electron chi connectivity index (χ1n) is 8.53. The number of nitrogens with zero attached hydrogens (tertiary/aromatic N) is 2. The Morgan fingerprint density at radius 2 is 1.83 bits per heavy atom. The minimum absolute atomic E-state index is 0.295. The molecule has 0 aliphatic carbocycles. The highest BCUT2D eigenvalue weighted by Gasteiger charge is 2.40. The number of ether oxygens (including phenoxy) is 1. The standard InChI is InChI=1S/C21H24N2O/c1-21(2)23(19(16-24-21)12-8-14-22)15-18-11-6-7-13-20(18)17-9-4-3-5-10-17/h3-7,9-11,13,19H,8,12,15-16H2,1-2H3. The van der Waals surface area contributed by atoms with Gasteiger partial charge < -0.3 is 4.74 Å². The SMILES string of the molecule is CC1(C)OCC(CCC#N)N1Cc1ccccc1-c1ccccc1. The molecule has 0 saturated carbocycles. The van der Waals surface area contributed by atoms with Crippen molar-refractivity contribution in [2.45, 2.75) is 45.0 Å². The molecule has 1 aliphatic rings. The van der Waals surface area contributed by atoms with Gasteiger partial charge in [-0.05, 0) is 37.0 Å². The topological polar surface area (TPSA) is 36.3 Å². The minimum Gasteiger partial charge on any atom is -0.359 e. The molecule has 1 saturated heterocycles. The molecule has 1 atom stereocenters. The summed E-state index contributed by atoms with van der Waals surface area (Å²) in [6.45, 7) is 5.76. The molecular weight excluding hydrogens is 296 g/mol. The van der Waals surface area contributed by atoms with Gasteiger partial charge >= 0.3 is 0 Å². The van der Waals surface area contributed by atoms with Crippen molar-refractivity contribution in [1.82, 2.24) is 4.90 Å². The van der Waals surface area contributed by atoms with E-state index in [1.807, 2.05) is 6.07 Å². The fourth-order valence-electron chi connectivity index (χ4n) is 3.44. The predicted molar refractivity (Wildman–Crippen MR) is 96.1 cm³/mol. The maximum atomic E-state index is 8.92. The summed E-state index contributed by atoms with van der Waals surface area (Å²) >= 11 is 0. The molecule has 3 nitrogen and oxygen atoms in total. The maximum Gasteiger partial charge on any atom is 0.116 e. The smallest absolute Gasteiger partial charge is 0.116 e. The van der Waals surface area contributed by atoms with E-state index in [-0.39, 0.29) is 5.72 Å². The van der Waals surface area contributed by atoms with Crippen LogP contribution in [0.15, 0.2) is 54.6 Å². The van der Waals surface area contributed by atoms with Crippen molar-refractivity contribution in [2.24, 2.45) is 0 Å². The zero-order valence-corrected chi connectivity index (χ0v) is 14.4. The lowest BCUT2D eigenvalue weighted by molar-refractivity contribution is -0.0577. The Morgan fingerprint density at radius 1 is 1.12 bits per heavy atom. The summed E-state index contributed by atoms with van der Waals surface area (Å²) in [5.41, 5.74) is 3.49. The summed E-state index contributed by atoms with van der Waals surface area (Å²) < 4.78 is 6.00. The highest BCUT2D eigenvalue weighted by molar-refractivity contribution is 5.67. The molecule has 3 rings (SSSR count). The van der Waals surface area contributed by atoms with Gasteiger partial charge in [0, 0.05) is 19.0 Å². The van der Waals surface area contributed by atoms with Gasteiger partial charge in [0.15, 0.2) is 0 Å². The van der Waals surface area contributed by atoms with Crippen LogP contribution in [0.4, 0.5) is 0 Å². The van der Waals surface area contributed by atoms with E-state index >= 15 is 0 Å². The fraction of sp³-hybridized carbons (Fsp3) is 0.381. The van der Waals surface area contributed by atoms with Crippen LogP contribution in [0.5, 0.6) is 0 Å². The first-order valence-corrected chi connectivity index (χ1v) is 8.53. The third-order valence-electron chi connectivity index (χ3n) is 4.79. The second kappa shape index (κ2) is 7.17. The van der Waals surface area contributed by atoms with E-state index < -0.39 is 0 Å². The van der Waals surface area contributed by atoms with Crippen LogP contribution in [0.3, 0.4) is 0 Å². The molecule has 0 aromatic heterocycles. The first-order chi connectivity index (χ1) is 11.6. The van der Waals surface area contributed by atoms with Crippen LogP contribution in [0.1, 0.15) is 32.3 Å². The van der Waals surface area contributed by atoms with E-state index in [4.69, 9.17) is 10.00 Å². The minimum atomic E-state index is -0.302. The van der Waals surface area contributed by atoms with E-state index in [9.17, 15) is 0 Å². The van der Waals surface area contributed by atoms with Crippen LogP contribution in [0, 0.1) is 11.3 Å². The Morgan fingerprint density at radius 3 is 2.58 bits per heavy atom. The molecule has 2 aromatic rings. The van der Waals surface area contributed by atoms with Crippen molar-refractivity contribution in [3.8, 4) is 17.2 Å². The van der Waals surface area contributed by atoms with Crippen LogP contribution < -0.4 is 0 Å². The van der Waals surface area contributed by atoms with E-state index in [2.05, 4.69) is 73.3 Å². The average Bonchev–Trinajstić information content (AvgIpc) is 2.89. The van der Waals surface area contributed by atoms with Gasteiger partial charge in [-0.3, -0.25) is 4.90 Å². The van der Waals surface area contributed by atoms with E-state index in [0.29, 0.717) is 19.1 Å². The van der Waals surface area contributed by atoms with Gasteiger partial charge in [0.2, 0.25) is 0 Å². The van der Waals surface area contributed by atoms with Gasteiger partial charge in [-0.25, -0.2) is 0 Å². The molecule has 124 valence electrons. The fourth-order valence-corrected chi connectivity index (χ4v) is 3.44. The lowest BCUT2D eigenvalue weighted by atomic mass is 9.98. The normalized spacial score (nSPS) is 20.0. The Kier molecular flexibility index (Phi) is 4.99. The summed E-state index contributed by atoms with van der Waals surface area (Å²) in [5, 5.41) is 8.92. The van der Waals surface area contributed by atoms with Crippen molar-refractivity contribution in [2.75, 3.05) is 6.61 Å². The van der Waals surface area contributed by atoms with E-state index in [0.717, 1.165) is 13.0 Å². The number of rotatable bonds is 5. The summed E-state index contributed by atoms with van der Waals surface area (Å²) in [6, 6.07) is 21.6. The molecule has 1 fully saturated rings. The van der Waals surface area contributed by atoms with E-state index in [1.54, 1.807) is 0 Å². The van der Waals surface area contributed by atoms with Crippen molar-refractivity contribution >= 4 is 0 Å². The molecule has 0 bridgehead atoms. The molecule has 1 unspecified atom stereocenters. The van der Waals surface area contributed by atoms with Gasteiger partial charge in [-0.2, -0.15) is 5.26 Å². The van der Waals surface area contributed by atoms with Gasteiger partial charge in [-0.1, -0.05) is 54.6 Å². The van der Waals surface area contributed by atoms with Gasteiger partial charge in [-0.15, -0.1) is 0 Å². The van der Waals surface area contributed by atoms with Crippen molar-refractivity contribution in [3.05, 3.63) is 60.2 Å². The van der Waals surface area contributed by atoms with Crippen molar-refractivity contribution in [3.63, 3.8) is 0 Å². The van der Waals surface area contributed by atoms with Crippen LogP contribution in [0.25, 0.3) is 11.1 Å². The largest absolute Gasteiger partial charge is 0.359 e. The third-order valence-corrected chi connectivity index (χ3v) is 4.79. The van der Waals surface area contributed by atoms with Crippen LogP contribution >= 0.6 is 0 Å². The summed E-state index contributed by atoms with van der Waals surface area (Å²) in [6.07, 6.45) is 1.42. The Bertz CT molecular complexity index is 718. The van der Waals surface area contributed by atoms with Crippen molar-refractivity contribution < 1.29 is 4.74 Å². The lowest BCUT2D eigenvalue weighted by Gasteiger charge is -2.34. The molecule has 1 heterocycles. The molecule has 0 amide bonds. The first kappa shape index (κ1) is 16.7. The predicted octanol–water partition coefficient (Wildman–Crippen LogP) is 4.59. The number of hydrogen-bond donors (Lipinski definition) is 0. The average molecular weight is 320 g/mol. The summed E-state index contributed by atoms with van der Waals surface area (Å²) in [7, 11) is 0. The Hall–Kier alpha value is -2.15. The third kappa shape index (κ3) is 3.51.